The SMILES string of the molecule is CC1(C)CC[C@]2(C)CC[C@]3(C)[C@H]4CC=C5[C@@H](CC[C@H](O)C5(C)C)[C@]4(C)CC[C@@]3(C)[C@@H]2C1. The van der Waals surface area contributed by atoms with Gasteiger partial charge in [0.25, 0.3) is 0 Å². The highest BCUT2D eigenvalue weighted by Crippen LogP contribution is 2.77. The van der Waals surface area contributed by atoms with Crippen molar-refractivity contribution in [3.05, 3.63) is 11.6 Å². The maximum atomic E-state index is 10.8. The van der Waals surface area contributed by atoms with E-state index in [0.29, 0.717) is 33.0 Å². The Morgan fingerprint density at radius 1 is 0.742 bits per heavy atom. The van der Waals surface area contributed by atoms with Gasteiger partial charge >= 0.3 is 0 Å². The molecule has 0 bridgehead atoms. The van der Waals surface area contributed by atoms with Crippen molar-refractivity contribution in [2.75, 3.05) is 0 Å². The number of fused-ring (bicyclic) bond motifs is 7. The molecule has 0 heterocycles. The van der Waals surface area contributed by atoms with E-state index < -0.39 is 0 Å². The van der Waals surface area contributed by atoms with Crippen LogP contribution in [0, 0.1) is 50.2 Å². The van der Waals surface area contributed by atoms with Gasteiger partial charge in [-0.2, -0.15) is 0 Å². The Kier molecular flexibility index (Phi) is 4.66. The Morgan fingerprint density at radius 2 is 1.35 bits per heavy atom. The molecule has 0 spiro atoms. The van der Waals surface area contributed by atoms with Crippen LogP contribution in [0.25, 0.3) is 0 Å². The zero-order chi connectivity index (χ0) is 22.7. The lowest BCUT2D eigenvalue weighted by Crippen LogP contribution is -2.65. The van der Waals surface area contributed by atoms with Gasteiger partial charge in [-0.3, -0.25) is 0 Å². The van der Waals surface area contributed by atoms with Gasteiger partial charge in [0.1, 0.15) is 0 Å². The Morgan fingerprint density at radius 3 is 2.06 bits per heavy atom. The van der Waals surface area contributed by atoms with Crippen LogP contribution < -0.4 is 0 Å². The molecule has 0 aliphatic heterocycles. The number of hydrogen-bond donors (Lipinski definition) is 1. The molecular formula is C30H50O. The van der Waals surface area contributed by atoms with Gasteiger partial charge in [0.05, 0.1) is 6.10 Å². The molecule has 0 aromatic carbocycles. The summed E-state index contributed by atoms with van der Waals surface area (Å²) in [7, 11) is 0. The first-order valence-corrected chi connectivity index (χ1v) is 13.6. The summed E-state index contributed by atoms with van der Waals surface area (Å²) in [4.78, 5) is 0. The molecule has 5 aliphatic carbocycles. The average Bonchev–Trinajstić information content (AvgIpc) is 2.68. The second kappa shape index (κ2) is 6.43. The van der Waals surface area contributed by atoms with Gasteiger partial charge in [0.2, 0.25) is 0 Å². The van der Waals surface area contributed by atoms with E-state index in [0.717, 1.165) is 18.3 Å². The lowest BCUT2D eigenvalue weighted by atomic mass is 9.31. The van der Waals surface area contributed by atoms with Crippen LogP contribution in [0.4, 0.5) is 0 Å². The summed E-state index contributed by atoms with van der Waals surface area (Å²) < 4.78 is 0. The topological polar surface area (TPSA) is 20.2 Å². The van der Waals surface area contributed by atoms with Crippen molar-refractivity contribution in [2.24, 2.45) is 50.2 Å². The van der Waals surface area contributed by atoms with Crippen molar-refractivity contribution in [1.29, 1.82) is 0 Å². The van der Waals surface area contributed by atoms with E-state index in [4.69, 9.17) is 0 Å². The van der Waals surface area contributed by atoms with Gasteiger partial charge in [-0.05, 0) is 109 Å². The van der Waals surface area contributed by atoms with Crippen molar-refractivity contribution in [3.63, 3.8) is 0 Å². The molecule has 5 rings (SSSR count). The predicted molar refractivity (Wildman–Crippen MR) is 131 cm³/mol. The van der Waals surface area contributed by atoms with Crippen LogP contribution in [-0.4, -0.2) is 11.2 Å². The lowest BCUT2D eigenvalue weighted by molar-refractivity contribution is -0.230. The fourth-order valence-electron chi connectivity index (χ4n) is 10.4. The van der Waals surface area contributed by atoms with Gasteiger partial charge in [-0.1, -0.05) is 67.0 Å². The summed E-state index contributed by atoms with van der Waals surface area (Å²) in [5.74, 6) is 2.36. The van der Waals surface area contributed by atoms with Crippen LogP contribution in [0.15, 0.2) is 11.6 Å². The maximum Gasteiger partial charge on any atom is 0.0628 e. The van der Waals surface area contributed by atoms with E-state index in [9.17, 15) is 5.11 Å². The molecule has 0 saturated heterocycles. The van der Waals surface area contributed by atoms with Crippen molar-refractivity contribution < 1.29 is 5.11 Å². The molecular weight excluding hydrogens is 376 g/mol. The highest BCUT2D eigenvalue weighted by molar-refractivity contribution is 5.30. The minimum Gasteiger partial charge on any atom is -0.392 e. The number of allylic oxidation sites excluding steroid dienone is 1. The summed E-state index contributed by atoms with van der Waals surface area (Å²) in [6, 6.07) is 0. The quantitative estimate of drug-likeness (QED) is 0.387. The highest BCUT2D eigenvalue weighted by atomic mass is 16.3. The predicted octanol–water partition coefficient (Wildman–Crippen LogP) is 8.17. The fraction of sp³-hybridized carbons (Fsp3) is 0.933. The Labute approximate surface area is 192 Å². The van der Waals surface area contributed by atoms with E-state index in [1.807, 2.05) is 0 Å². The first-order chi connectivity index (χ1) is 14.2. The summed E-state index contributed by atoms with van der Waals surface area (Å²) in [5.41, 5.74) is 3.96. The third-order valence-electron chi connectivity index (χ3n) is 13.1. The first kappa shape index (κ1) is 22.5. The smallest absolute Gasteiger partial charge is 0.0628 e. The van der Waals surface area contributed by atoms with Crippen LogP contribution in [0.3, 0.4) is 0 Å². The molecule has 1 N–H and O–H groups in total. The van der Waals surface area contributed by atoms with E-state index in [2.05, 4.69) is 61.5 Å². The minimum atomic E-state index is -0.167. The summed E-state index contributed by atoms with van der Waals surface area (Å²) in [6.07, 6.45) is 15.9. The van der Waals surface area contributed by atoms with Crippen molar-refractivity contribution in [2.45, 2.75) is 126 Å². The van der Waals surface area contributed by atoms with Crippen LogP contribution >= 0.6 is 0 Å². The number of aliphatic hydroxyl groups excluding tert-OH is 1. The molecule has 31 heavy (non-hydrogen) atoms. The average molecular weight is 427 g/mol. The van der Waals surface area contributed by atoms with Crippen LogP contribution in [0.5, 0.6) is 0 Å². The molecule has 0 amide bonds. The zero-order valence-corrected chi connectivity index (χ0v) is 21.9. The third kappa shape index (κ3) is 2.77. The molecule has 0 aromatic rings. The molecule has 0 unspecified atom stereocenters. The van der Waals surface area contributed by atoms with Gasteiger partial charge in [-0.25, -0.2) is 0 Å². The van der Waals surface area contributed by atoms with Crippen LogP contribution in [0.2, 0.25) is 0 Å². The molecule has 176 valence electrons. The van der Waals surface area contributed by atoms with Gasteiger partial charge < -0.3 is 5.11 Å². The summed E-state index contributed by atoms with van der Waals surface area (Å²) >= 11 is 0. The second-order valence-electron chi connectivity index (χ2n) is 15.2. The lowest BCUT2D eigenvalue weighted by Gasteiger charge is -2.73. The molecule has 4 saturated carbocycles. The van der Waals surface area contributed by atoms with Crippen molar-refractivity contribution in [3.8, 4) is 0 Å². The Hall–Kier alpha value is -0.300. The molecule has 5 aliphatic rings. The number of hydrogen-bond acceptors (Lipinski definition) is 1. The summed E-state index contributed by atoms with van der Waals surface area (Å²) in [5, 5.41) is 10.8. The molecule has 4 fully saturated rings. The standard InChI is InChI=1S/C30H50O/c1-25(2)13-14-27(5)15-17-29(7)22-11-9-20-21(10-12-24(31)26(20,3)4)28(22,6)16-18-30(29,8)23(27)19-25/h9,21-24,31H,10-19H2,1-8H3/t21-,22+,23-,24+,27-,28+,29-,30+/m1/s1. The molecule has 1 heteroatoms. The molecule has 1 nitrogen and oxygen atoms in total. The van der Waals surface area contributed by atoms with Crippen LogP contribution in [-0.2, 0) is 0 Å². The van der Waals surface area contributed by atoms with E-state index in [1.54, 1.807) is 5.57 Å². The van der Waals surface area contributed by atoms with Gasteiger partial charge in [0, 0.05) is 5.41 Å². The second-order valence-corrected chi connectivity index (χ2v) is 15.2. The van der Waals surface area contributed by atoms with Crippen LogP contribution in [0.1, 0.15) is 120 Å². The Bertz CT molecular complexity index is 790. The van der Waals surface area contributed by atoms with Crippen molar-refractivity contribution >= 4 is 0 Å². The monoisotopic (exact) mass is 426 g/mol. The van der Waals surface area contributed by atoms with E-state index >= 15 is 0 Å². The zero-order valence-electron chi connectivity index (χ0n) is 21.9. The van der Waals surface area contributed by atoms with E-state index in [-0.39, 0.29) is 11.5 Å². The number of aliphatic hydroxyl groups is 1. The van der Waals surface area contributed by atoms with E-state index in [1.165, 1.54) is 57.8 Å². The van der Waals surface area contributed by atoms with Gasteiger partial charge in [-0.15, -0.1) is 0 Å². The molecule has 0 aromatic heterocycles. The van der Waals surface area contributed by atoms with Crippen molar-refractivity contribution in [1.82, 2.24) is 0 Å². The highest BCUT2D eigenvalue weighted by Gasteiger charge is 2.69. The summed E-state index contributed by atoms with van der Waals surface area (Å²) in [6.45, 7) is 20.5. The Balaban J connectivity index is 1.57. The largest absolute Gasteiger partial charge is 0.392 e. The number of rotatable bonds is 0. The third-order valence-corrected chi connectivity index (χ3v) is 13.1. The maximum absolute atomic E-state index is 10.8. The molecule has 0 radical (unpaired) electrons. The molecule has 8 atom stereocenters. The van der Waals surface area contributed by atoms with Gasteiger partial charge in [0.15, 0.2) is 0 Å². The first-order valence-electron chi connectivity index (χ1n) is 13.6. The minimum absolute atomic E-state index is 0.0446. The fourth-order valence-corrected chi connectivity index (χ4v) is 10.4. The normalized spacial score (nSPS) is 55.2.